The van der Waals surface area contributed by atoms with E-state index < -0.39 is 8.96 Å². The fraction of sp³-hybridized carbons (Fsp3) is 0.455. The van der Waals surface area contributed by atoms with Crippen molar-refractivity contribution in [2.45, 2.75) is 19.9 Å². The van der Waals surface area contributed by atoms with Crippen molar-refractivity contribution < 1.29 is 0 Å². The van der Waals surface area contributed by atoms with E-state index in [4.69, 9.17) is 0 Å². The molecule has 0 heterocycles. The number of rotatable bonds is 6. The van der Waals surface area contributed by atoms with E-state index in [0.29, 0.717) is 0 Å². The van der Waals surface area contributed by atoms with Crippen molar-refractivity contribution in [3.8, 4) is 0 Å². The number of hydrogen-bond acceptors (Lipinski definition) is 2. The summed E-state index contributed by atoms with van der Waals surface area (Å²) in [5.74, 6) is 0. The monoisotopic (exact) mass is 208 g/mol. The molecule has 0 aliphatic rings. The van der Waals surface area contributed by atoms with Gasteiger partial charge >= 0.3 is 0 Å². The first-order valence-corrected chi connectivity index (χ1v) is 7.34. The van der Waals surface area contributed by atoms with Crippen LogP contribution in [0.1, 0.15) is 13.8 Å². The Bertz CT molecular complexity index is 238. The molecule has 3 heteroatoms. The predicted molar refractivity (Wildman–Crippen MR) is 65.4 cm³/mol. The van der Waals surface area contributed by atoms with Gasteiger partial charge in [-0.25, -0.2) is 0 Å². The van der Waals surface area contributed by atoms with Crippen LogP contribution in [0.25, 0.3) is 0 Å². The highest BCUT2D eigenvalue weighted by atomic mass is 28.3. The number of nitrogens with one attached hydrogen (secondary N) is 2. The topological polar surface area (TPSA) is 24.1 Å². The summed E-state index contributed by atoms with van der Waals surface area (Å²) >= 11 is 0. The summed E-state index contributed by atoms with van der Waals surface area (Å²) in [5, 5.41) is 4.81. The second-order valence-electron chi connectivity index (χ2n) is 3.36. The molecule has 2 nitrogen and oxygen atoms in total. The third kappa shape index (κ3) is 3.62. The summed E-state index contributed by atoms with van der Waals surface area (Å²) < 4.78 is 0. The Morgan fingerprint density at radius 1 is 1.14 bits per heavy atom. The minimum Gasteiger partial charge on any atom is -0.324 e. The molecule has 2 N–H and O–H groups in total. The molecule has 0 bridgehead atoms. The lowest BCUT2D eigenvalue weighted by Crippen LogP contribution is -2.47. The van der Waals surface area contributed by atoms with E-state index in [9.17, 15) is 0 Å². The molecule has 0 aliphatic carbocycles. The summed E-state index contributed by atoms with van der Waals surface area (Å²) in [6, 6.07) is 12.1. The van der Waals surface area contributed by atoms with Crippen LogP contribution in [-0.2, 0) is 0 Å². The van der Waals surface area contributed by atoms with Gasteiger partial charge in [-0.1, -0.05) is 44.2 Å². The molecule has 1 atom stereocenters. The van der Waals surface area contributed by atoms with Crippen LogP contribution < -0.4 is 15.5 Å². The number of benzene rings is 1. The molecule has 0 saturated heterocycles. The van der Waals surface area contributed by atoms with E-state index in [2.05, 4.69) is 54.5 Å². The molecule has 1 unspecified atom stereocenters. The van der Waals surface area contributed by atoms with Crippen molar-refractivity contribution in [2.75, 3.05) is 13.2 Å². The van der Waals surface area contributed by atoms with Gasteiger partial charge in [0.25, 0.3) is 0 Å². The first kappa shape index (κ1) is 11.4. The van der Waals surface area contributed by atoms with Crippen LogP contribution in [0.5, 0.6) is 0 Å². The fourth-order valence-corrected chi connectivity index (χ4v) is 3.58. The lowest BCUT2D eigenvalue weighted by Gasteiger charge is -2.15. The Balaban J connectivity index is 2.46. The van der Waals surface area contributed by atoms with Crippen molar-refractivity contribution in [3.63, 3.8) is 0 Å². The first-order chi connectivity index (χ1) is 6.88. The van der Waals surface area contributed by atoms with Gasteiger partial charge in [0.1, 0.15) is 8.96 Å². The molecule has 0 amide bonds. The predicted octanol–water partition coefficient (Wildman–Crippen LogP) is 0.794. The van der Waals surface area contributed by atoms with Crippen LogP contribution in [0.2, 0.25) is 6.04 Å². The van der Waals surface area contributed by atoms with Gasteiger partial charge in [0.05, 0.1) is 0 Å². The number of hydrogen-bond donors (Lipinski definition) is 2. The highest BCUT2D eigenvalue weighted by molar-refractivity contribution is 6.70. The minimum absolute atomic E-state index is 0.915. The molecule has 0 aliphatic heterocycles. The van der Waals surface area contributed by atoms with E-state index in [1.165, 1.54) is 11.2 Å². The van der Waals surface area contributed by atoms with E-state index >= 15 is 0 Å². The summed E-state index contributed by atoms with van der Waals surface area (Å²) in [5.41, 5.74) is 0. The SMILES string of the molecule is CCNCN[SiH](CC)c1ccccc1. The van der Waals surface area contributed by atoms with Crippen molar-refractivity contribution in [1.29, 1.82) is 0 Å². The smallest absolute Gasteiger partial charge is 0.141 e. The molecule has 0 saturated carbocycles. The Kier molecular flexibility index (Phi) is 5.52. The highest BCUT2D eigenvalue weighted by Crippen LogP contribution is 1.90. The molecule has 1 aromatic rings. The molecular formula is C11H20N2Si. The fourth-order valence-electron chi connectivity index (χ4n) is 1.50. The maximum atomic E-state index is 3.61. The van der Waals surface area contributed by atoms with Gasteiger partial charge in [-0.3, -0.25) is 0 Å². The molecule has 0 spiro atoms. The average Bonchev–Trinajstić information content (AvgIpc) is 2.26. The molecular weight excluding hydrogens is 188 g/mol. The molecule has 0 aromatic heterocycles. The highest BCUT2D eigenvalue weighted by Gasteiger charge is 2.08. The Labute approximate surface area is 88.4 Å². The lowest BCUT2D eigenvalue weighted by atomic mass is 10.4. The van der Waals surface area contributed by atoms with E-state index in [1.807, 2.05) is 0 Å². The first-order valence-electron chi connectivity index (χ1n) is 5.37. The van der Waals surface area contributed by atoms with Crippen molar-refractivity contribution >= 4 is 14.1 Å². The average molecular weight is 208 g/mol. The van der Waals surface area contributed by atoms with Crippen LogP contribution >= 0.6 is 0 Å². The standard InChI is InChI=1S/C11H20N2Si/c1-3-12-10-13-14(4-2)11-8-6-5-7-9-11/h5-9,12-14H,3-4,10H2,1-2H3. The zero-order chi connectivity index (χ0) is 10.2. The third-order valence-corrected chi connectivity index (χ3v) is 5.04. The van der Waals surface area contributed by atoms with E-state index in [-0.39, 0.29) is 0 Å². The van der Waals surface area contributed by atoms with Crippen LogP contribution in [-0.4, -0.2) is 22.2 Å². The third-order valence-electron chi connectivity index (χ3n) is 2.33. The van der Waals surface area contributed by atoms with Gasteiger partial charge in [-0.2, -0.15) is 0 Å². The van der Waals surface area contributed by atoms with Crippen molar-refractivity contribution in [2.24, 2.45) is 0 Å². The van der Waals surface area contributed by atoms with E-state index in [1.54, 1.807) is 0 Å². The lowest BCUT2D eigenvalue weighted by molar-refractivity contribution is 0.699. The van der Waals surface area contributed by atoms with Gasteiger partial charge < -0.3 is 10.3 Å². The quantitative estimate of drug-likeness (QED) is 0.410. The summed E-state index contributed by atoms with van der Waals surface area (Å²) in [6.45, 7) is 6.37. The molecule has 0 fully saturated rings. The van der Waals surface area contributed by atoms with Crippen LogP contribution in [0.4, 0.5) is 0 Å². The Morgan fingerprint density at radius 3 is 2.43 bits per heavy atom. The van der Waals surface area contributed by atoms with Crippen LogP contribution in [0.15, 0.2) is 30.3 Å². The molecule has 1 rings (SSSR count). The Morgan fingerprint density at radius 2 is 1.86 bits per heavy atom. The second kappa shape index (κ2) is 6.76. The molecule has 14 heavy (non-hydrogen) atoms. The van der Waals surface area contributed by atoms with Crippen LogP contribution in [0.3, 0.4) is 0 Å². The molecule has 0 radical (unpaired) electrons. The molecule has 1 aromatic carbocycles. The normalized spacial score (nSPS) is 12.7. The minimum atomic E-state index is -0.915. The summed E-state index contributed by atoms with van der Waals surface area (Å²) in [4.78, 5) is 3.61. The zero-order valence-electron chi connectivity index (χ0n) is 9.09. The maximum Gasteiger partial charge on any atom is 0.141 e. The Hall–Kier alpha value is -0.643. The van der Waals surface area contributed by atoms with Crippen molar-refractivity contribution in [1.82, 2.24) is 10.3 Å². The largest absolute Gasteiger partial charge is 0.324 e. The molecule has 78 valence electrons. The maximum absolute atomic E-state index is 3.61. The van der Waals surface area contributed by atoms with E-state index in [0.717, 1.165) is 13.2 Å². The van der Waals surface area contributed by atoms with Gasteiger partial charge in [-0.05, 0) is 17.8 Å². The van der Waals surface area contributed by atoms with Gasteiger partial charge in [0.15, 0.2) is 0 Å². The van der Waals surface area contributed by atoms with Crippen molar-refractivity contribution in [3.05, 3.63) is 30.3 Å². The van der Waals surface area contributed by atoms with Gasteiger partial charge in [-0.15, -0.1) is 0 Å². The van der Waals surface area contributed by atoms with Gasteiger partial charge in [0, 0.05) is 6.67 Å². The van der Waals surface area contributed by atoms with Crippen LogP contribution in [0, 0.1) is 0 Å². The second-order valence-corrected chi connectivity index (χ2v) is 6.35. The summed E-state index contributed by atoms with van der Waals surface area (Å²) in [7, 11) is -0.915. The zero-order valence-corrected chi connectivity index (χ0v) is 10.2. The van der Waals surface area contributed by atoms with Gasteiger partial charge in [0.2, 0.25) is 0 Å². The summed E-state index contributed by atoms with van der Waals surface area (Å²) in [6.07, 6.45) is 0.